The van der Waals surface area contributed by atoms with Crippen molar-refractivity contribution in [3.8, 4) is 17.1 Å². The number of nitrogens with one attached hydrogen (secondary N) is 1. The van der Waals surface area contributed by atoms with Gasteiger partial charge in [0.2, 0.25) is 0 Å². The summed E-state index contributed by atoms with van der Waals surface area (Å²) in [6, 6.07) is 5.31. The fourth-order valence-corrected chi connectivity index (χ4v) is 3.26. The second-order valence-electron chi connectivity index (χ2n) is 4.60. The predicted octanol–water partition coefficient (Wildman–Crippen LogP) is 1.03. The first kappa shape index (κ1) is 13.3. The van der Waals surface area contributed by atoms with Crippen LogP contribution in [0, 0.1) is 0 Å². The molecule has 1 aromatic heterocycles. The number of hydrogen-bond acceptors (Lipinski definition) is 4. The molecule has 1 aliphatic heterocycles. The molecule has 0 spiro atoms. The van der Waals surface area contributed by atoms with E-state index in [2.05, 4.69) is 9.97 Å². The summed E-state index contributed by atoms with van der Waals surface area (Å²) in [5.74, 6) is 2.88. The maximum absolute atomic E-state index is 12.2. The highest BCUT2D eigenvalue weighted by molar-refractivity contribution is 7.98. The molecule has 20 heavy (non-hydrogen) atoms. The van der Waals surface area contributed by atoms with E-state index in [0.29, 0.717) is 17.0 Å². The van der Waals surface area contributed by atoms with Gasteiger partial charge >= 0.3 is 0 Å². The van der Waals surface area contributed by atoms with Crippen LogP contribution in [0.2, 0.25) is 0 Å². The zero-order valence-corrected chi connectivity index (χ0v) is 11.9. The molecular weight excluding hydrogens is 271 g/mol. The highest BCUT2D eigenvalue weighted by atomic mass is 32.2. The Bertz CT molecular complexity index is 715. The lowest BCUT2D eigenvalue weighted by Gasteiger charge is -2.15. The Labute approximate surface area is 122 Å². The topological polar surface area (TPSA) is 55.0 Å². The molecule has 3 rings (SSSR count). The van der Waals surface area contributed by atoms with Crippen molar-refractivity contribution in [2.24, 2.45) is 0 Å². The van der Waals surface area contributed by atoms with Gasteiger partial charge in [-0.2, -0.15) is 11.8 Å². The van der Waals surface area contributed by atoms with Crippen LogP contribution in [-0.2, 0) is 12.2 Å². The Hall–Kier alpha value is -1.69. The summed E-state index contributed by atoms with van der Waals surface area (Å²) in [4.78, 5) is 19.6. The van der Waals surface area contributed by atoms with Crippen molar-refractivity contribution in [1.29, 1.82) is 0 Å². The number of thioether (sulfide) groups is 1. The molecule has 0 amide bonds. The number of aromatic amines is 1. The fourth-order valence-electron chi connectivity index (χ4n) is 2.27. The molecule has 0 atom stereocenters. The fraction of sp³-hybridized carbons (Fsp3) is 0.286. The molecule has 2 aromatic rings. The van der Waals surface area contributed by atoms with E-state index >= 15 is 0 Å². The predicted molar refractivity (Wildman–Crippen MR) is 82.1 cm³/mol. The molecule has 1 N–H and O–H groups in total. The zero-order chi connectivity index (χ0) is 14.1. The van der Waals surface area contributed by atoms with Crippen molar-refractivity contribution in [2.45, 2.75) is 12.2 Å². The van der Waals surface area contributed by atoms with Gasteiger partial charge in [-0.1, -0.05) is 11.5 Å². The summed E-state index contributed by atoms with van der Waals surface area (Å²) in [7, 11) is 7.32. The monoisotopic (exact) mass is 284 g/mol. The van der Waals surface area contributed by atoms with Gasteiger partial charge in [0.15, 0.2) is 0 Å². The summed E-state index contributed by atoms with van der Waals surface area (Å²) in [6.07, 6.45) is 0.828. The molecule has 2 heterocycles. The maximum Gasteiger partial charge on any atom is 0.255 e. The van der Waals surface area contributed by atoms with E-state index < -0.39 is 0 Å². The molecule has 0 bridgehead atoms. The van der Waals surface area contributed by atoms with Crippen LogP contribution in [0.5, 0.6) is 5.75 Å². The van der Waals surface area contributed by atoms with E-state index in [0.717, 1.165) is 34.7 Å². The third-order valence-corrected chi connectivity index (χ3v) is 4.30. The summed E-state index contributed by atoms with van der Waals surface area (Å²) in [6.45, 7) is 0. The summed E-state index contributed by atoms with van der Waals surface area (Å²) in [5, 5.41) is 0. The van der Waals surface area contributed by atoms with E-state index in [1.54, 1.807) is 31.0 Å². The number of methoxy groups -OCH3 is 1. The number of ether oxygens (including phenoxy) is 1. The van der Waals surface area contributed by atoms with E-state index in [-0.39, 0.29) is 5.56 Å². The van der Waals surface area contributed by atoms with Crippen LogP contribution in [0.3, 0.4) is 0 Å². The molecule has 0 saturated heterocycles. The van der Waals surface area contributed by atoms with E-state index in [1.165, 1.54) is 0 Å². The number of aryl methyl sites for hydroxylation is 1. The van der Waals surface area contributed by atoms with Crippen molar-refractivity contribution in [3.05, 3.63) is 39.8 Å². The molecule has 0 aliphatic carbocycles. The van der Waals surface area contributed by atoms with Crippen molar-refractivity contribution < 1.29 is 4.74 Å². The first-order valence-electron chi connectivity index (χ1n) is 6.32. The summed E-state index contributed by atoms with van der Waals surface area (Å²) in [5.41, 5.74) is 2.99. The number of aromatic nitrogens is 2. The average molecular weight is 284 g/mol. The molecule has 4 nitrogen and oxygen atoms in total. The SMILES string of the molecule is [B]c1ccc(-c2nc3c(c(=O)[nH]2)CSCC3)c(OC)c1. The van der Waals surface area contributed by atoms with Gasteiger partial charge in [0.25, 0.3) is 5.56 Å². The van der Waals surface area contributed by atoms with E-state index in [9.17, 15) is 4.79 Å². The second kappa shape index (κ2) is 5.36. The highest BCUT2D eigenvalue weighted by Crippen LogP contribution is 2.27. The molecule has 0 saturated carbocycles. The standard InChI is InChI=1S/C14H13BN2O2S/c1-19-12-6-8(15)2-3-9(12)13-16-11-4-5-20-7-10(11)14(18)17-13/h2-3,6H,4-5,7H2,1H3,(H,16,17,18). The third kappa shape index (κ3) is 2.35. The molecule has 1 aliphatic rings. The van der Waals surface area contributed by atoms with Gasteiger partial charge in [0.1, 0.15) is 19.4 Å². The number of rotatable bonds is 2. The van der Waals surface area contributed by atoms with Crippen LogP contribution in [0.25, 0.3) is 11.4 Å². The van der Waals surface area contributed by atoms with Crippen LogP contribution in [-0.4, -0.2) is 30.7 Å². The maximum atomic E-state index is 12.2. The Morgan fingerprint density at radius 1 is 1.45 bits per heavy atom. The number of H-pyrrole nitrogens is 1. The van der Waals surface area contributed by atoms with Crippen LogP contribution in [0.4, 0.5) is 0 Å². The van der Waals surface area contributed by atoms with Gasteiger partial charge in [-0.3, -0.25) is 4.79 Å². The smallest absolute Gasteiger partial charge is 0.255 e. The van der Waals surface area contributed by atoms with E-state index in [1.807, 2.05) is 6.07 Å². The minimum atomic E-state index is -0.0592. The first-order chi connectivity index (χ1) is 9.69. The number of fused-ring (bicyclic) bond motifs is 1. The van der Waals surface area contributed by atoms with Crippen LogP contribution >= 0.6 is 11.8 Å². The van der Waals surface area contributed by atoms with Crippen molar-refractivity contribution in [1.82, 2.24) is 9.97 Å². The Balaban J connectivity index is 2.16. The molecule has 2 radical (unpaired) electrons. The molecule has 100 valence electrons. The van der Waals surface area contributed by atoms with Gasteiger partial charge in [0.05, 0.1) is 18.4 Å². The number of hydrogen-bond donors (Lipinski definition) is 1. The highest BCUT2D eigenvalue weighted by Gasteiger charge is 2.17. The summed E-state index contributed by atoms with van der Waals surface area (Å²) < 4.78 is 5.32. The van der Waals surface area contributed by atoms with Gasteiger partial charge in [0, 0.05) is 11.3 Å². The van der Waals surface area contributed by atoms with Crippen molar-refractivity contribution in [3.63, 3.8) is 0 Å². The lowest BCUT2D eigenvalue weighted by Crippen LogP contribution is -2.21. The number of benzene rings is 1. The van der Waals surface area contributed by atoms with Crippen LogP contribution < -0.4 is 15.8 Å². The zero-order valence-electron chi connectivity index (χ0n) is 11.1. The van der Waals surface area contributed by atoms with Crippen LogP contribution in [0.15, 0.2) is 23.0 Å². The quantitative estimate of drug-likeness (QED) is 0.837. The average Bonchev–Trinajstić information content (AvgIpc) is 2.47. The van der Waals surface area contributed by atoms with Gasteiger partial charge in [-0.15, -0.1) is 0 Å². The minimum absolute atomic E-state index is 0.0592. The molecular formula is C14H13BN2O2S. The first-order valence-corrected chi connectivity index (χ1v) is 7.48. The molecule has 0 fully saturated rings. The second-order valence-corrected chi connectivity index (χ2v) is 5.71. The van der Waals surface area contributed by atoms with Crippen molar-refractivity contribution in [2.75, 3.05) is 12.9 Å². The number of nitrogens with zero attached hydrogens (tertiary/aromatic N) is 1. The van der Waals surface area contributed by atoms with Gasteiger partial charge in [-0.25, -0.2) is 4.98 Å². The normalized spacial score (nSPS) is 13.8. The Morgan fingerprint density at radius 3 is 3.10 bits per heavy atom. The third-order valence-electron chi connectivity index (χ3n) is 3.31. The molecule has 1 aromatic carbocycles. The van der Waals surface area contributed by atoms with Gasteiger partial charge < -0.3 is 9.72 Å². The Kier molecular flexibility index (Phi) is 3.57. The lowest BCUT2D eigenvalue weighted by molar-refractivity contribution is 0.416. The van der Waals surface area contributed by atoms with Gasteiger partial charge in [-0.05, 0) is 24.3 Å². The lowest BCUT2D eigenvalue weighted by atomic mass is 9.94. The Morgan fingerprint density at radius 2 is 2.30 bits per heavy atom. The van der Waals surface area contributed by atoms with E-state index in [4.69, 9.17) is 12.6 Å². The minimum Gasteiger partial charge on any atom is -0.496 e. The molecule has 0 unspecified atom stereocenters. The largest absolute Gasteiger partial charge is 0.496 e. The molecule has 6 heteroatoms. The summed E-state index contributed by atoms with van der Waals surface area (Å²) >= 11 is 1.76. The van der Waals surface area contributed by atoms with Crippen LogP contribution in [0.1, 0.15) is 11.3 Å². The van der Waals surface area contributed by atoms with Crippen molar-refractivity contribution >= 4 is 25.1 Å².